The van der Waals surface area contributed by atoms with Gasteiger partial charge in [-0.05, 0) is 50.8 Å². The lowest BCUT2D eigenvalue weighted by Crippen LogP contribution is -2.41. The molecule has 1 saturated carbocycles. The number of hydrogen-bond donors (Lipinski definition) is 1. The van der Waals surface area contributed by atoms with Crippen molar-refractivity contribution in [3.8, 4) is 11.5 Å². The molecule has 1 aliphatic heterocycles. The Bertz CT molecular complexity index is 677. The molecule has 0 radical (unpaired) electrons. The van der Waals surface area contributed by atoms with E-state index >= 15 is 0 Å². The smallest absolute Gasteiger partial charge is 0.341 e. The van der Waals surface area contributed by atoms with Crippen molar-refractivity contribution >= 4 is 11.9 Å². The first-order valence-corrected chi connectivity index (χ1v) is 10.1. The van der Waals surface area contributed by atoms with Crippen molar-refractivity contribution in [3.63, 3.8) is 0 Å². The van der Waals surface area contributed by atoms with E-state index in [-0.39, 0.29) is 12.0 Å². The molecule has 0 unspecified atom stereocenters. The maximum atomic E-state index is 12.9. The molecule has 0 bridgehead atoms. The number of ether oxygens (including phenoxy) is 3. The molecule has 1 aromatic rings. The van der Waals surface area contributed by atoms with Crippen LogP contribution in [-0.4, -0.2) is 60.4 Å². The highest BCUT2D eigenvalue weighted by Crippen LogP contribution is 2.30. The number of amides is 1. The van der Waals surface area contributed by atoms with Crippen molar-refractivity contribution in [1.82, 2.24) is 4.90 Å². The number of carboxylic acids is 1. The maximum Gasteiger partial charge on any atom is 0.341 e. The van der Waals surface area contributed by atoms with Crippen LogP contribution in [0.15, 0.2) is 18.2 Å². The normalized spacial score (nSPS) is 18.2. The third-order valence-electron chi connectivity index (χ3n) is 5.26. The lowest BCUT2D eigenvalue weighted by molar-refractivity contribution is -0.139. The number of nitrogens with zero attached hydrogens (tertiary/aromatic N) is 1. The Kier molecular flexibility index (Phi) is 7.14. The van der Waals surface area contributed by atoms with Crippen LogP contribution in [0.1, 0.15) is 55.8 Å². The van der Waals surface area contributed by atoms with Crippen molar-refractivity contribution in [3.05, 3.63) is 23.8 Å². The lowest BCUT2D eigenvalue weighted by atomic mass is 10.1. The van der Waals surface area contributed by atoms with Gasteiger partial charge in [-0.15, -0.1) is 0 Å². The number of aliphatic carboxylic acids is 1. The van der Waals surface area contributed by atoms with Crippen LogP contribution in [0.2, 0.25) is 0 Å². The van der Waals surface area contributed by atoms with E-state index in [2.05, 4.69) is 0 Å². The number of carbonyl (C=O) groups is 2. The van der Waals surface area contributed by atoms with Crippen molar-refractivity contribution in [2.45, 2.75) is 57.7 Å². The molecule has 0 spiro atoms. The zero-order valence-corrected chi connectivity index (χ0v) is 16.4. The molecule has 28 heavy (non-hydrogen) atoms. The predicted octanol–water partition coefficient (Wildman–Crippen LogP) is 3.11. The molecule has 7 nitrogen and oxygen atoms in total. The van der Waals surface area contributed by atoms with E-state index in [0.29, 0.717) is 42.9 Å². The molecule has 1 aromatic carbocycles. The average Bonchev–Trinajstić information content (AvgIpc) is 3.20. The SMILES string of the molecule is CCOc1cc(C(=O)N2CCC(OC3CCCC3)CC2)ccc1OCC(=O)O. The monoisotopic (exact) mass is 391 g/mol. The highest BCUT2D eigenvalue weighted by atomic mass is 16.5. The minimum Gasteiger partial charge on any atom is -0.490 e. The zero-order valence-electron chi connectivity index (χ0n) is 16.4. The minimum atomic E-state index is -1.06. The van der Waals surface area contributed by atoms with Crippen LogP contribution in [-0.2, 0) is 9.53 Å². The van der Waals surface area contributed by atoms with Crippen LogP contribution in [0.25, 0.3) is 0 Å². The topological polar surface area (TPSA) is 85.3 Å². The minimum absolute atomic E-state index is 0.0509. The van der Waals surface area contributed by atoms with Gasteiger partial charge in [-0.1, -0.05) is 12.8 Å². The number of piperidine rings is 1. The molecule has 1 amide bonds. The molecule has 1 saturated heterocycles. The Balaban J connectivity index is 1.58. The summed E-state index contributed by atoms with van der Waals surface area (Å²) in [7, 11) is 0. The van der Waals surface area contributed by atoms with Crippen LogP contribution in [0.4, 0.5) is 0 Å². The Labute approximate surface area is 165 Å². The van der Waals surface area contributed by atoms with Crippen molar-refractivity contribution in [2.24, 2.45) is 0 Å². The van der Waals surface area contributed by atoms with Crippen LogP contribution >= 0.6 is 0 Å². The van der Waals surface area contributed by atoms with Gasteiger partial charge in [0.05, 0.1) is 18.8 Å². The van der Waals surface area contributed by atoms with Gasteiger partial charge in [0, 0.05) is 18.7 Å². The summed E-state index contributed by atoms with van der Waals surface area (Å²) in [6, 6.07) is 4.88. The summed E-state index contributed by atoms with van der Waals surface area (Å²) in [5.74, 6) is -0.408. The van der Waals surface area contributed by atoms with E-state index in [0.717, 1.165) is 25.7 Å². The van der Waals surface area contributed by atoms with Crippen LogP contribution in [0.5, 0.6) is 11.5 Å². The number of carboxylic acid groups (broad SMARTS) is 1. The standard InChI is InChI=1S/C21H29NO6/c1-2-26-19-13-15(7-8-18(19)27-14-20(23)24)21(25)22-11-9-17(10-12-22)28-16-5-3-4-6-16/h7-8,13,16-17H,2-6,9-12,14H2,1H3,(H,23,24). The zero-order chi connectivity index (χ0) is 19.9. The van der Waals surface area contributed by atoms with E-state index in [1.54, 1.807) is 18.2 Å². The molecule has 1 heterocycles. The van der Waals surface area contributed by atoms with E-state index in [1.165, 1.54) is 12.8 Å². The van der Waals surface area contributed by atoms with E-state index in [1.807, 2.05) is 11.8 Å². The Morgan fingerprint density at radius 2 is 1.71 bits per heavy atom. The molecular formula is C21H29NO6. The number of rotatable bonds is 8. The molecule has 2 fully saturated rings. The fourth-order valence-electron chi connectivity index (χ4n) is 3.84. The van der Waals surface area contributed by atoms with Crippen LogP contribution in [0.3, 0.4) is 0 Å². The van der Waals surface area contributed by atoms with Gasteiger partial charge >= 0.3 is 5.97 Å². The summed E-state index contributed by atoms with van der Waals surface area (Å²) in [6.07, 6.45) is 7.22. The van der Waals surface area contributed by atoms with Gasteiger partial charge in [-0.25, -0.2) is 4.79 Å². The van der Waals surface area contributed by atoms with Gasteiger partial charge in [0.2, 0.25) is 0 Å². The van der Waals surface area contributed by atoms with Crippen LogP contribution < -0.4 is 9.47 Å². The van der Waals surface area contributed by atoms with Crippen LogP contribution in [0, 0.1) is 0 Å². The quantitative estimate of drug-likeness (QED) is 0.733. The summed E-state index contributed by atoms with van der Waals surface area (Å²) < 4.78 is 16.9. The second-order valence-corrected chi connectivity index (χ2v) is 7.31. The third kappa shape index (κ3) is 5.38. The van der Waals surface area contributed by atoms with E-state index in [9.17, 15) is 9.59 Å². The van der Waals surface area contributed by atoms with Crippen molar-refractivity contribution < 1.29 is 28.9 Å². The highest BCUT2D eigenvalue weighted by Gasteiger charge is 2.27. The van der Waals surface area contributed by atoms with Crippen molar-refractivity contribution in [1.29, 1.82) is 0 Å². The molecule has 0 atom stereocenters. The number of benzene rings is 1. The molecule has 0 aromatic heterocycles. The van der Waals surface area contributed by atoms with E-state index < -0.39 is 12.6 Å². The summed E-state index contributed by atoms with van der Waals surface area (Å²) >= 11 is 0. The molecule has 7 heteroatoms. The average molecular weight is 391 g/mol. The Morgan fingerprint density at radius 3 is 2.36 bits per heavy atom. The maximum absolute atomic E-state index is 12.9. The highest BCUT2D eigenvalue weighted by molar-refractivity contribution is 5.95. The molecule has 1 aliphatic carbocycles. The first-order chi connectivity index (χ1) is 13.6. The largest absolute Gasteiger partial charge is 0.490 e. The molecule has 3 rings (SSSR count). The summed E-state index contributed by atoms with van der Waals surface area (Å²) in [5.41, 5.74) is 0.515. The number of hydrogen-bond acceptors (Lipinski definition) is 5. The fraction of sp³-hybridized carbons (Fsp3) is 0.619. The van der Waals surface area contributed by atoms with Gasteiger partial charge in [-0.3, -0.25) is 4.79 Å². The lowest BCUT2D eigenvalue weighted by Gasteiger charge is -2.33. The molecule has 154 valence electrons. The fourth-order valence-corrected chi connectivity index (χ4v) is 3.84. The number of carbonyl (C=O) groups excluding carboxylic acids is 1. The first-order valence-electron chi connectivity index (χ1n) is 10.1. The van der Waals surface area contributed by atoms with Gasteiger partial charge < -0.3 is 24.2 Å². The second-order valence-electron chi connectivity index (χ2n) is 7.31. The van der Waals surface area contributed by atoms with Gasteiger partial charge in [0.1, 0.15) is 0 Å². The molecular weight excluding hydrogens is 362 g/mol. The Morgan fingerprint density at radius 1 is 1.04 bits per heavy atom. The summed E-state index contributed by atoms with van der Waals surface area (Å²) in [5, 5.41) is 8.78. The second kappa shape index (κ2) is 9.78. The van der Waals surface area contributed by atoms with Gasteiger partial charge in [0.15, 0.2) is 18.1 Å². The summed E-state index contributed by atoms with van der Waals surface area (Å²) in [6.45, 7) is 3.12. The van der Waals surface area contributed by atoms with Gasteiger partial charge in [0.25, 0.3) is 5.91 Å². The van der Waals surface area contributed by atoms with Gasteiger partial charge in [-0.2, -0.15) is 0 Å². The number of likely N-dealkylation sites (tertiary alicyclic amines) is 1. The third-order valence-corrected chi connectivity index (χ3v) is 5.26. The van der Waals surface area contributed by atoms with Crippen molar-refractivity contribution in [2.75, 3.05) is 26.3 Å². The molecule has 1 N–H and O–H groups in total. The Hall–Kier alpha value is -2.28. The predicted molar refractivity (Wildman–Crippen MR) is 103 cm³/mol. The van der Waals surface area contributed by atoms with E-state index in [4.69, 9.17) is 19.3 Å². The molecule has 2 aliphatic rings. The summed E-state index contributed by atoms with van der Waals surface area (Å²) in [4.78, 5) is 25.4. The first kappa shape index (κ1) is 20.5.